The predicted molar refractivity (Wildman–Crippen MR) is 108 cm³/mol. The molecule has 0 radical (unpaired) electrons. The SMILES string of the molecule is C#CCn1c(=NC(=O)c2ccc([N+](=O)[O-])cc2)sc2cc(C(=O)OCC)ccc21. The molecule has 0 bridgehead atoms. The number of hydrogen-bond acceptors (Lipinski definition) is 6. The average Bonchev–Trinajstić information content (AvgIpc) is 3.04. The molecule has 0 aliphatic rings. The van der Waals surface area contributed by atoms with Crippen molar-refractivity contribution in [1.29, 1.82) is 0 Å². The molecule has 0 saturated heterocycles. The van der Waals surface area contributed by atoms with E-state index in [-0.39, 0.29) is 24.4 Å². The molecule has 8 nitrogen and oxygen atoms in total. The Kier molecular flexibility index (Phi) is 5.85. The molecule has 1 aromatic heterocycles. The second-order valence-corrected chi connectivity index (χ2v) is 6.81. The van der Waals surface area contributed by atoms with Crippen LogP contribution in [0.1, 0.15) is 27.6 Å². The van der Waals surface area contributed by atoms with Crippen LogP contribution < -0.4 is 4.80 Å². The third-order valence-corrected chi connectivity index (χ3v) is 5.01. The van der Waals surface area contributed by atoms with E-state index in [1.807, 2.05) is 0 Å². The molecule has 0 unspecified atom stereocenters. The van der Waals surface area contributed by atoms with E-state index in [4.69, 9.17) is 11.2 Å². The summed E-state index contributed by atoms with van der Waals surface area (Å²) in [5.74, 6) is 1.53. The summed E-state index contributed by atoms with van der Waals surface area (Å²) in [4.78, 5) is 39.2. The lowest BCUT2D eigenvalue weighted by molar-refractivity contribution is -0.384. The Bertz CT molecular complexity index is 1220. The number of nitro benzene ring substituents is 1. The van der Waals surface area contributed by atoms with Gasteiger partial charge in [-0.05, 0) is 37.3 Å². The molecule has 1 heterocycles. The number of esters is 1. The van der Waals surface area contributed by atoms with Crippen LogP contribution in [0, 0.1) is 22.5 Å². The van der Waals surface area contributed by atoms with Gasteiger partial charge >= 0.3 is 5.97 Å². The zero-order valence-corrected chi connectivity index (χ0v) is 16.1. The fourth-order valence-corrected chi connectivity index (χ4v) is 3.69. The number of thiazole rings is 1. The van der Waals surface area contributed by atoms with Crippen LogP contribution in [-0.2, 0) is 11.3 Å². The number of nitrogens with zero attached hydrogens (tertiary/aromatic N) is 3. The van der Waals surface area contributed by atoms with E-state index in [1.54, 1.807) is 29.7 Å². The van der Waals surface area contributed by atoms with Crippen LogP contribution in [0.15, 0.2) is 47.5 Å². The summed E-state index contributed by atoms with van der Waals surface area (Å²) in [5, 5.41) is 10.7. The molecular formula is C20H15N3O5S. The minimum atomic E-state index is -0.553. The molecule has 146 valence electrons. The number of non-ortho nitro benzene ring substituents is 1. The number of carbonyl (C=O) groups excluding carboxylic acids is 2. The molecule has 1 amide bonds. The molecule has 0 spiro atoms. The van der Waals surface area contributed by atoms with Gasteiger partial charge in [-0.1, -0.05) is 17.3 Å². The van der Waals surface area contributed by atoms with Crippen LogP contribution in [0.3, 0.4) is 0 Å². The van der Waals surface area contributed by atoms with Crippen molar-refractivity contribution in [2.75, 3.05) is 6.61 Å². The van der Waals surface area contributed by atoms with Gasteiger partial charge < -0.3 is 9.30 Å². The van der Waals surface area contributed by atoms with Crippen LogP contribution in [0.4, 0.5) is 5.69 Å². The maximum absolute atomic E-state index is 12.5. The molecular weight excluding hydrogens is 394 g/mol. The third kappa shape index (κ3) is 4.23. The molecule has 29 heavy (non-hydrogen) atoms. The van der Waals surface area contributed by atoms with Crippen LogP contribution in [-0.4, -0.2) is 28.0 Å². The van der Waals surface area contributed by atoms with Gasteiger partial charge in [-0.2, -0.15) is 4.99 Å². The second-order valence-electron chi connectivity index (χ2n) is 5.80. The number of aromatic nitrogens is 1. The Balaban J connectivity index is 2.05. The fraction of sp³-hybridized carbons (Fsp3) is 0.150. The van der Waals surface area contributed by atoms with Crippen molar-refractivity contribution >= 4 is 39.1 Å². The summed E-state index contributed by atoms with van der Waals surface area (Å²) in [7, 11) is 0. The van der Waals surface area contributed by atoms with E-state index >= 15 is 0 Å². The molecule has 0 saturated carbocycles. The van der Waals surface area contributed by atoms with Crippen LogP contribution in [0.25, 0.3) is 10.2 Å². The highest BCUT2D eigenvalue weighted by Crippen LogP contribution is 2.20. The van der Waals surface area contributed by atoms with E-state index < -0.39 is 16.8 Å². The average molecular weight is 409 g/mol. The highest BCUT2D eigenvalue weighted by atomic mass is 32.1. The van der Waals surface area contributed by atoms with E-state index in [2.05, 4.69) is 10.9 Å². The highest BCUT2D eigenvalue weighted by Gasteiger charge is 2.13. The number of rotatable bonds is 5. The van der Waals surface area contributed by atoms with Gasteiger partial charge in [0, 0.05) is 17.7 Å². The van der Waals surface area contributed by atoms with Gasteiger partial charge in [0.1, 0.15) is 0 Å². The Hall–Kier alpha value is -3.77. The Morgan fingerprint density at radius 2 is 1.93 bits per heavy atom. The first-order chi connectivity index (χ1) is 13.9. The summed E-state index contributed by atoms with van der Waals surface area (Å²) in [5.41, 5.74) is 1.22. The largest absolute Gasteiger partial charge is 0.462 e. The van der Waals surface area contributed by atoms with Gasteiger partial charge in [0.15, 0.2) is 4.80 Å². The van der Waals surface area contributed by atoms with E-state index in [9.17, 15) is 19.7 Å². The molecule has 2 aromatic carbocycles. The van der Waals surface area contributed by atoms with Crippen LogP contribution >= 0.6 is 11.3 Å². The summed E-state index contributed by atoms with van der Waals surface area (Å²) < 4.78 is 7.43. The minimum absolute atomic E-state index is 0.114. The number of hydrogen-bond donors (Lipinski definition) is 0. The first kappa shape index (κ1) is 20.0. The summed E-state index contributed by atoms with van der Waals surface area (Å²) in [6.07, 6.45) is 5.45. The van der Waals surface area contributed by atoms with Crippen molar-refractivity contribution in [3.05, 3.63) is 68.5 Å². The maximum Gasteiger partial charge on any atom is 0.338 e. The highest BCUT2D eigenvalue weighted by molar-refractivity contribution is 7.16. The van der Waals surface area contributed by atoms with Crippen molar-refractivity contribution in [2.24, 2.45) is 4.99 Å². The van der Waals surface area contributed by atoms with E-state index in [0.717, 1.165) is 10.2 Å². The lowest BCUT2D eigenvalue weighted by atomic mass is 10.2. The van der Waals surface area contributed by atoms with Crippen molar-refractivity contribution in [3.63, 3.8) is 0 Å². The number of ether oxygens (including phenoxy) is 1. The quantitative estimate of drug-likeness (QED) is 0.279. The Morgan fingerprint density at radius 1 is 1.24 bits per heavy atom. The predicted octanol–water partition coefficient (Wildman–Crippen LogP) is 3.16. The van der Waals surface area contributed by atoms with Gasteiger partial charge in [-0.25, -0.2) is 4.79 Å². The first-order valence-corrected chi connectivity index (χ1v) is 9.33. The standard InChI is InChI=1S/C20H15N3O5S/c1-3-11-22-16-10-7-14(19(25)28-4-2)12-17(16)29-20(22)21-18(24)13-5-8-15(9-6-13)23(26)27/h1,5-10,12H,4,11H2,2H3. The van der Waals surface area contributed by atoms with E-state index in [1.165, 1.54) is 35.6 Å². The number of amides is 1. The van der Waals surface area contributed by atoms with Crippen molar-refractivity contribution in [3.8, 4) is 12.3 Å². The van der Waals surface area contributed by atoms with Gasteiger partial charge in [0.2, 0.25) is 0 Å². The smallest absolute Gasteiger partial charge is 0.338 e. The van der Waals surface area contributed by atoms with Crippen molar-refractivity contribution in [1.82, 2.24) is 4.57 Å². The Morgan fingerprint density at radius 3 is 2.55 bits per heavy atom. The minimum Gasteiger partial charge on any atom is -0.462 e. The fourth-order valence-electron chi connectivity index (χ4n) is 2.62. The van der Waals surface area contributed by atoms with Gasteiger partial charge in [0.25, 0.3) is 11.6 Å². The number of fused-ring (bicyclic) bond motifs is 1. The molecule has 0 aliphatic carbocycles. The first-order valence-electron chi connectivity index (χ1n) is 8.52. The lowest BCUT2D eigenvalue weighted by Gasteiger charge is -2.03. The zero-order chi connectivity index (χ0) is 21.0. The van der Waals surface area contributed by atoms with Crippen molar-refractivity contribution in [2.45, 2.75) is 13.5 Å². The lowest BCUT2D eigenvalue weighted by Crippen LogP contribution is -2.16. The van der Waals surface area contributed by atoms with Crippen LogP contribution in [0.5, 0.6) is 0 Å². The van der Waals surface area contributed by atoms with Gasteiger partial charge in [-0.3, -0.25) is 14.9 Å². The summed E-state index contributed by atoms with van der Waals surface area (Å²) in [6.45, 7) is 2.18. The maximum atomic E-state index is 12.5. The van der Waals surface area contributed by atoms with Gasteiger partial charge in [0.05, 0.1) is 33.9 Å². The molecule has 9 heteroatoms. The Labute approximate surface area is 169 Å². The number of benzene rings is 2. The van der Waals surface area contributed by atoms with E-state index in [0.29, 0.717) is 10.4 Å². The molecule has 0 atom stereocenters. The molecule has 0 fully saturated rings. The molecule has 3 rings (SSSR count). The molecule has 3 aromatic rings. The number of terminal acetylenes is 1. The monoisotopic (exact) mass is 409 g/mol. The summed E-state index contributed by atoms with van der Waals surface area (Å²) in [6, 6.07) is 10.2. The zero-order valence-electron chi connectivity index (χ0n) is 15.3. The topological polar surface area (TPSA) is 104 Å². The molecule has 0 N–H and O–H groups in total. The second kappa shape index (κ2) is 8.50. The third-order valence-electron chi connectivity index (χ3n) is 3.97. The van der Waals surface area contributed by atoms with Crippen LogP contribution in [0.2, 0.25) is 0 Å². The molecule has 0 aliphatic heterocycles. The number of carbonyl (C=O) groups is 2. The normalized spacial score (nSPS) is 11.2. The summed E-state index contributed by atoms with van der Waals surface area (Å²) >= 11 is 1.21. The van der Waals surface area contributed by atoms with Crippen molar-refractivity contribution < 1.29 is 19.2 Å². The number of nitro groups is 1. The van der Waals surface area contributed by atoms with Gasteiger partial charge in [-0.15, -0.1) is 6.42 Å².